The maximum Gasteiger partial charge on any atom is 0.255 e. The molecule has 1 atom stereocenters. The molecule has 2 N–H and O–H groups in total. The van der Waals surface area contributed by atoms with Gasteiger partial charge in [0, 0.05) is 41.7 Å². The Morgan fingerprint density at radius 2 is 1.50 bits per heavy atom. The van der Waals surface area contributed by atoms with Gasteiger partial charge in [-0.25, -0.2) is 0 Å². The standard InChI is InChI=1S/C26H25N3O5/c1-33-22-12-10-20(11-13-22)27-25(31)17-6-8-19(9-7-17)28-26(32)18-14-24(30)29(16-18)21-4-3-5-23(15-21)34-2/h3-13,15,18H,14,16H2,1-2H3,(H,27,31)(H,28,32)/t18-/m0/s1. The molecule has 0 radical (unpaired) electrons. The largest absolute Gasteiger partial charge is 0.497 e. The summed E-state index contributed by atoms with van der Waals surface area (Å²) < 4.78 is 10.3. The summed E-state index contributed by atoms with van der Waals surface area (Å²) in [5.74, 6) is 0.256. The van der Waals surface area contributed by atoms with Crippen LogP contribution in [-0.2, 0) is 9.59 Å². The number of benzene rings is 3. The lowest BCUT2D eigenvalue weighted by Crippen LogP contribution is -2.28. The van der Waals surface area contributed by atoms with Gasteiger partial charge in [-0.05, 0) is 60.7 Å². The number of rotatable bonds is 7. The molecule has 3 amide bonds. The number of hydrogen-bond donors (Lipinski definition) is 2. The highest BCUT2D eigenvalue weighted by Gasteiger charge is 2.35. The van der Waals surface area contributed by atoms with Gasteiger partial charge in [0.05, 0.1) is 20.1 Å². The zero-order chi connectivity index (χ0) is 24.1. The first-order valence-electron chi connectivity index (χ1n) is 10.8. The van der Waals surface area contributed by atoms with Crippen LogP contribution in [0, 0.1) is 5.92 Å². The van der Waals surface area contributed by atoms with Crippen LogP contribution >= 0.6 is 0 Å². The fraction of sp³-hybridized carbons (Fsp3) is 0.192. The maximum absolute atomic E-state index is 12.8. The SMILES string of the molecule is COc1ccc(NC(=O)c2ccc(NC(=O)[C@H]3CC(=O)N(c4cccc(OC)c4)C3)cc2)cc1. The van der Waals surface area contributed by atoms with Crippen molar-refractivity contribution in [3.63, 3.8) is 0 Å². The van der Waals surface area contributed by atoms with E-state index in [9.17, 15) is 14.4 Å². The number of ether oxygens (including phenoxy) is 2. The third-order valence-corrected chi connectivity index (χ3v) is 5.62. The van der Waals surface area contributed by atoms with Crippen molar-refractivity contribution in [2.24, 2.45) is 5.92 Å². The molecular formula is C26H25N3O5. The van der Waals surface area contributed by atoms with Crippen molar-refractivity contribution in [2.75, 3.05) is 36.3 Å². The summed E-state index contributed by atoms with van der Waals surface area (Å²) in [7, 11) is 3.14. The minimum absolute atomic E-state index is 0.112. The predicted molar refractivity (Wildman–Crippen MR) is 129 cm³/mol. The number of nitrogens with zero attached hydrogens (tertiary/aromatic N) is 1. The van der Waals surface area contributed by atoms with Crippen molar-refractivity contribution in [1.29, 1.82) is 0 Å². The fourth-order valence-electron chi connectivity index (χ4n) is 3.74. The van der Waals surface area contributed by atoms with Crippen LogP contribution in [-0.4, -0.2) is 38.5 Å². The van der Waals surface area contributed by atoms with E-state index >= 15 is 0 Å². The third kappa shape index (κ3) is 5.17. The van der Waals surface area contributed by atoms with Crippen LogP contribution in [0.1, 0.15) is 16.8 Å². The van der Waals surface area contributed by atoms with E-state index in [0.29, 0.717) is 40.7 Å². The van der Waals surface area contributed by atoms with E-state index in [2.05, 4.69) is 10.6 Å². The Labute approximate surface area is 197 Å². The number of anilines is 3. The molecule has 3 aromatic carbocycles. The first-order valence-corrected chi connectivity index (χ1v) is 10.8. The van der Waals surface area contributed by atoms with Gasteiger partial charge in [-0.3, -0.25) is 14.4 Å². The molecule has 174 valence electrons. The normalized spacial score (nSPS) is 15.1. The van der Waals surface area contributed by atoms with Crippen molar-refractivity contribution in [2.45, 2.75) is 6.42 Å². The summed E-state index contributed by atoms with van der Waals surface area (Å²) in [5, 5.41) is 5.65. The van der Waals surface area contributed by atoms with E-state index < -0.39 is 5.92 Å². The second-order valence-electron chi connectivity index (χ2n) is 7.86. The van der Waals surface area contributed by atoms with Crippen LogP contribution in [0.3, 0.4) is 0 Å². The number of nitrogens with one attached hydrogen (secondary N) is 2. The van der Waals surface area contributed by atoms with Crippen molar-refractivity contribution < 1.29 is 23.9 Å². The number of carbonyl (C=O) groups is 3. The molecule has 0 aromatic heterocycles. The molecule has 8 heteroatoms. The smallest absolute Gasteiger partial charge is 0.255 e. The number of carbonyl (C=O) groups excluding carboxylic acids is 3. The molecular weight excluding hydrogens is 434 g/mol. The number of amides is 3. The van der Waals surface area contributed by atoms with Gasteiger partial charge in [-0.2, -0.15) is 0 Å². The number of methoxy groups -OCH3 is 2. The molecule has 1 aliphatic heterocycles. The first-order chi connectivity index (χ1) is 16.5. The van der Waals surface area contributed by atoms with E-state index in [4.69, 9.17) is 9.47 Å². The molecule has 1 aliphatic rings. The molecule has 0 bridgehead atoms. The Bertz CT molecular complexity index is 1190. The second kappa shape index (κ2) is 10.1. The fourth-order valence-corrected chi connectivity index (χ4v) is 3.74. The average molecular weight is 460 g/mol. The topological polar surface area (TPSA) is 97.0 Å². The molecule has 4 rings (SSSR count). The first kappa shape index (κ1) is 22.8. The van der Waals surface area contributed by atoms with Crippen LogP contribution in [0.4, 0.5) is 17.1 Å². The molecule has 34 heavy (non-hydrogen) atoms. The predicted octanol–water partition coefficient (Wildman–Crippen LogP) is 3.95. The minimum Gasteiger partial charge on any atom is -0.497 e. The molecule has 3 aromatic rings. The summed E-state index contributed by atoms with van der Waals surface area (Å²) in [4.78, 5) is 39.3. The van der Waals surface area contributed by atoms with Gasteiger partial charge in [-0.15, -0.1) is 0 Å². The quantitative estimate of drug-likeness (QED) is 0.558. The van der Waals surface area contributed by atoms with Crippen LogP contribution < -0.4 is 25.0 Å². The Kier molecular flexibility index (Phi) is 6.77. The zero-order valence-electron chi connectivity index (χ0n) is 18.9. The van der Waals surface area contributed by atoms with Crippen LogP contribution in [0.25, 0.3) is 0 Å². The van der Waals surface area contributed by atoms with Crippen LogP contribution in [0.2, 0.25) is 0 Å². The average Bonchev–Trinajstić information content (AvgIpc) is 3.26. The lowest BCUT2D eigenvalue weighted by atomic mass is 10.1. The lowest BCUT2D eigenvalue weighted by Gasteiger charge is -2.17. The molecule has 0 unspecified atom stereocenters. The van der Waals surface area contributed by atoms with Gasteiger partial charge in [0.2, 0.25) is 11.8 Å². The molecule has 1 saturated heterocycles. The van der Waals surface area contributed by atoms with Crippen molar-refractivity contribution in [3.05, 3.63) is 78.4 Å². The Morgan fingerprint density at radius 1 is 0.853 bits per heavy atom. The van der Waals surface area contributed by atoms with Gasteiger partial charge < -0.3 is 25.0 Å². The van der Waals surface area contributed by atoms with Crippen LogP contribution in [0.5, 0.6) is 11.5 Å². The van der Waals surface area contributed by atoms with E-state index in [-0.39, 0.29) is 24.1 Å². The summed E-state index contributed by atoms with van der Waals surface area (Å²) in [6, 6.07) is 20.8. The van der Waals surface area contributed by atoms with Gasteiger partial charge in [0.25, 0.3) is 5.91 Å². The van der Waals surface area contributed by atoms with Gasteiger partial charge in [-0.1, -0.05) is 6.07 Å². The van der Waals surface area contributed by atoms with Gasteiger partial charge in [0.1, 0.15) is 11.5 Å². The van der Waals surface area contributed by atoms with Crippen LogP contribution in [0.15, 0.2) is 72.8 Å². The molecule has 1 fully saturated rings. The van der Waals surface area contributed by atoms with E-state index in [1.54, 1.807) is 85.8 Å². The minimum atomic E-state index is -0.475. The molecule has 0 aliphatic carbocycles. The summed E-state index contributed by atoms with van der Waals surface area (Å²) in [5.41, 5.74) is 2.36. The van der Waals surface area contributed by atoms with Crippen molar-refractivity contribution in [1.82, 2.24) is 0 Å². The van der Waals surface area contributed by atoms with Crippen molar-refractivity contribution in [3.8, 4) is 11.5 Å². The highest BCUT2D eigenvalue weighted by Crippen LogP contribution is 2.28. The van der Waals surface area contributed by atoms with E-state index in [1.165, 1.54) is 0 Å². The van der Waals surface area contributed by atoms with Crippen molar-refractivity contribution >= 4 is 34.8 Å². The Morgan fingerprint density at radius 3 is 2.18 bits per heavy atom. The monoisotopic (exact) mass is 459 g/mol. The van der Waals surface area contributed by atoms with E-state index in [1.807, 2.05) is 6.07 Å². The summed E-state index contributed by atoms with van der Waals surface area (Å²) >= 11 is 0. The third-order valence-electron chi connectivity index (χ3n) is 5.62. The van der Waals surface area contributed by atoms with Gasteiger partial charge >= 0.3 is 0 Å². The molecule has 0 saturated carbocycles. The second-order valence-corrected chi connectivity index (χ2v) is 7.86. The number of hydrogen-bond acceptors (Lipinski definition) is 5. The molecule has 1 heterocycles. The van der Waals surface area contributed by atoms with Gasteiger partial charge in [0.15, 0.2) is 0 Å². The highest BCUT2D eigenvalue weighted by molar-refractivity contribution is 6.05. The maximum atomic E-state index is 12.8. The molecule has 8 nitrogen and oxygen atoms in total. The summed E-state index contributed by atoms with van der Waals surface area (Å²) in [6.45, 7) is 0.292. The zero-order valence-corrected chi connectivity index (χ0v) is 18.9. The molecule has 0 spiro atoms. The lowest BCUT2D eigenvalue weighted by molar-refractivity contribution is -0.122. The Hall–Kier alpha value is -4.33. The summed E-state index contributed by atoms with van der Waals surface area (Å²) in [6.07, 6.45) is 0.130. The highest BCUT2D eigenvalue weighted by atomic mass is 16.5. The Balaban J connectivity index is 1.35. The van der Waals surface area contributed by atoms with E-state index in [0.717, 1.165) is 0 Å².